The quantitative estimate of drug-likeness (QED) is 0.868. The second kappa shape index (κ2) is 5.59. The molecule has 4 rings (SSSR count). The molecule has 2 aromatic rings. The van der Waals surface area contributed by atoms with Crippen LogP contribution in [0.25, 0.3) is 0 Å². The minimum atomic E-state index is 0.0223. The Morgan fingerprint density at radius 2 is 2.05 bits per heavy atom. The van der Waals surface area contributed by atoms with E-state index in [1.54, 1.807) is 0 Å². The van der Waals surface area contributed by atoms with Crippen molar-refractivity contribution in [2.45, 2.75) is 44.1 Å². The molecular formula is C18H20N2O2. The fourth-order valence-electron chi connectivity index (χ4n) is 3.30. The number of carbonyl (C=O) groups excluding carboxylic acids is 1. The van der Waals surface area contributed by atoms with E-state index in [1.807, 2.05) is 17.0 Å². The zero-order valence-electron chi connectivity index (χ0n) is 12.6. The van der Waals surface area contributed by atoms with Crippen molar-refractivity contribution in [2.75, 3.05) is 6.54 Å². The molecule has 22 heavy (non-hydrogen) atoms. The summed E-state index contributed by atoms with van der Waals surface area (Å²) in [7, 11) is 0. The molecule has 2 heterocycles. The molecule has 2 aliphatic rings. The Morgan fingerprint density at radius 3 is 2.82 bits per heavy atom. The Labute approximate surface area is 130 Å². The third-order valence-electron chi connectivity index (χ3n) is 4.68. The molecule has 2 fully saturated rings. The second-order valence-corrected chi connectivity index (χ2v) is 6.37. The fraction of sp³-hybridized carbons (Fsp3) is 0.444. The van der Waals surface area contributed by atoms with E-state index in [0.717, 1.165) is 44.4 Å². The van der Waals surface area contributed by atoms with E-state index in [4.69, 9.17) is 4.52 Å². The largest absolute Gasteiger partial charge is 0.360 e. The van der Waals surface area contributed by atoms with E-state index in [0.29, 0.717) is 11.6 Å². The molecule has 1 saturated carbocycles. The highest BCUT2D eigenvalue weighted by atomic mass is 16.5. The molecule has 0 bridgehead atoms. The molecule has 114 valence electrons. The molecule has 1 saturated heterocycles. The van der Waals surface area contributed by atoms with Gasteiger partial charge in [-0.15, -0.1) is 0 Å². The van der Waals surface area contributed by atoms with Gasteiger partial charge in [0.15, 0.2) is 5.69 Å². The van der Waals surface area contributed by atoms with Crippen LogP contribution < -0.4 is 0 Å². The van der Waals surface area contributed by atoms with Gasteiger partial charge in [0.2, 0.25) is 0 Å². The molecule has 4 heteroatoms. The molecule has 1 atom stereocenters. The molecular weight excluding hydrogens is 276 g/mol. The fourth-order valence-corrected chi connectivity index (χ4v) is 3.30. The van der Waals surface area contributed by atoms with E-state index < -0.39 is 0 Å². The Hall–Kier alpha value is -2.10. The van der Waals surface area contributed by atoms with Gasteiger partial charge in [-0.25, -0.2) is 0 Å². The summed E-state index contributed by atoms with van der Waals surface area (Å²) in [6, 6.07) is 12.5. The van der Waals surface area contributed by atoms with Crippen molar-refractivity contribution in [3.8, 4) is 0 Å². The minimum Gasteiger partial charge on any atom is -0.360 e. The van der Waals surface area contributed by atoms with Crippen LogP contribution in [0, 0.1) is 0 Å². The predicted molar refractivity (Wildman–Crippen MR) is 82.7 cm³/mol. The summed E-state index contributed by atoms with van der Waals surface area (Å²) in [5.41, 5.74) is 1.76. The normalized spacial score (nSPS) is 21.3. The molecule has 1 aromatic carbocycles. The highest BCUT2D eigenvalue weighted by Gasteiger charge is 2.33. The van der Waals surface area contributed by atoms with Crippen molar-refractivity contribution >= 4 is 5.91 Å². The highest BCUT2D eigenvalue weighted by molar-refractivity contribution is 5.92. The van der Waals surface area contributed by atoms with E-state index >= 15 is 0 Å². The summed E-state index contributed by atoms with van der Waals surface area (Å²) in [4.78, 5) is 14.7. The van der Waals surface area contributed by atoms with Gasteiger partial charge in [0.1, 0.15) is 5.76 Å². The lowest BCUT2D eigenvalue weighted by Crippen LogP contribution is -2.37. The number of aromatic nitrogens is 1. The zero-order chi connectivity index (χ0) is 14.9. The Morgan fingerprint density at radius 1 is 1.23 bits per heavy atom. The number of rotatable bonds is 4. The second-order valence-electron chi connectivity index (χ2n) is 6.37. The lowest BCUT2D eigenvalue weighted by Gasteiger charge is -2.23. The van der Waals surface area contributed by atoms with Crippen LogP contribution in [-0.2, 0) is 6.42 Å². The van der Waals surface area contributed by atoms with Crippen molar-refractivity contribution in [1.29, 1.82) is 0 Å². The Balaban J connectivity index is 1.48. The van der Waals surface area contributed by atoms with E-state index in [9.17, 15) is 4.79 Å². The number of amides is 1. The van der Waals surface area contributed by atoms with Crippen molar-refractivity contribution in [3.63, 3.8) is 0 Å². The number of hydrogen-bond acceptors (Lipinski definition) is 3. The first-order valence-corrected chi connectivity index (χ1v) is 8.13. The molecule has 4 nitrogen and oxygen atoms in total. The maximum Gasteiger partial charge on any atom is 0.276 e. The van der Waals surface area contributed by atoms with Gasteiger partial charge >= 0.3 is 0 Å². The van der Waals surface area contributed by atoms with Gasteiger partial charge in [-0.05, 0) is 37.7 Å². The maximum absolute atomic E-state index is 12.7. The molecule has 0 unspecified atom stereocenters. The van der Waals surface area contributed by atoms with Crippen molar-refractivity contribution < 1.29 is 9.32 Å². The van der Waals surface area contributed by atoms with Crippen LogP contribution in [0.4, 0.5) is 0 Å². The summed E-state index contributed by atoms with van der Waals surface area (Å²) in [5, 5.41) is 4.00. The summed E-state index contributed by atoms with van der Waals surface area (Å²) in [5.74, 6) is 1.39. The van der Waals surface area contributed by atoms with Crippen molar-refractivity contribution in [2.24, 2.45) is 0 Å². The summed E-state index contributed by atoms with van der Waals surface area (Å²) in [6.45, 7) is 0.821. The Kier molecular flexibility index (Phi) is 3.45. The minimum absolute atomic E-state index is 0.0223. The van der Waals surface area contributed by atoms with Crippen molar-refractivity contribution in [3.05, 3.63) is 53.4 Å². The van der Waals surface area contributed by atoms with Gasteiger partial charge in [0, 0.05) is 24.6 Å². The van der Waals surface area contributed by atoms with Crippen LogP contribution in [-0.4, -0.2) is 28.6 Å². The van der Waals surface area contributed by atoms with E-state index in [-0.39, 0.29) is 11.9 Å². The topological polar surface area (TPSA) is 46.3 Å². The van der Waals surface area contributed by atoms with E-state index in [1.165, 1.54) is 5.56 Å². The Bertz CT molecular complexity index is 661. The van der Waals surface area contributed by atoms with Gasteiger partial charge in [-0.1, -0.05) is 35.5 Å². The predicted octanol–water partition coefficient (Wildman–Crippen LogP) is 3.40. The van der Waals surface area contributed by atoms with Gasteiger partial charge in [-0.3, -0.25) is 4.79 Å². The smallest absolute Gasteiger partial charge is 0.276 e. The van der Waals surface area contributed by atoms with E-state index in [2.05, 4.69) is 29.4 Å². The van der Waals surface area contributed by atoms with Crippen LogP contribution in [0.3, 0.4) is 0 Å². The molecule has 0 spiro atoms. The first-order chi connectivity index (χ1) is 10.8. The molecule has 0 radical (unpaired) electrons. The summed E-state index contributed by atoms with van der Waals surface area (Å²) in [6.07, 6.45) is 5.36. The van der Waals surface area contributed by atoms with Crippen LogP contribution in [0.2, 0.25) is 0 Å². The molecule has 0 N–H and O–H groups in total. The lowest BCUT2D eigenvalue weighted by molar-refractivity contribution is 0.0726. The number of hydrogen-bond donors (Lipinski definition) is 0. The number of nitrogens with zero attached hydrogens (tertiary/aromatic N) is 2. The standard InChI is InChI=1S/C18H20N2O2/c21-18(16-12-17(22-19-16)14-8-9-14)20-10-4-7-15(20)11-13-5-2-1-3-6-13/h1-3,5-6,12,14-15H,4,7-11H2/t15-/m0/s1. The summed E-state index contributed by atoms with van der Waals surface area (Å²) >= 11 is 0. The van der Waals surface area contributed by atoms with Crippen LogP contribution in [0.1, 0.15) is 53.4 Å². The SMILES string of the molecule is O=C(c1cc(C2CC2)on1)N1CCC[C@H]1Cc1ccccc1. The number of likely N-dealkylation sites (tertiary alicyclic amines) is 1. The number of benzene rings is 1. The molecule has 1 aliphatic heterocycles. The average molecular weight is 296 g/mol. The summed E-state index contributed by atoms with van der Waals surface area (Å²) < 4.78 is 5.33. The van der Waals surface area contributed by atoms with Gasteiger partial charge in [0.25, 0.3) is 5.91 Å². The first kappa shape index (κ1) is 13.6. The van der Waals surface area contributed by atoms with Crippen LogP contribution >= 0.6 is 0 Å². The highest BCUT2D eigenvalue weighted by Crippen LogP contribution is 2.40. The van der Waals surface area contributed by atoms with Gasteiger partial charge in [0.05, 0.1) is 0 Å². The van der Waals surface area contributed by atoms with Crippen molar-refractivity contribution in [1.82, 2.24) is 10.1 Å². The number of carbonyl (C=O) groups is 1. The molecule has 1 aromatic heterocycles. The monoisotopic (exact) mass is 296 g/mol. The maximum atomic E-state index is 12.7. The lowest BCUT2D eigenvalue weighted by atomic mass is 10.0. The van der Waals surface area contributed by atoms with Gasteiger partial charge in [-0.2, -0.15) is 0 Å². The third kappa shape index (κ3) is 2.65. The average Bonchev–Trinajstić information content (AvgIpc) is 3.10. The molecule has 1 amide bonds. The first-order valence-electron chi connectivity index (χ1n) is 8.13. The third-order valence-corrected chi connectivity index (χ3v) is 4.68. The van der Waals surface area contributed by atoms with Crippen LogP contribution in [0.5, 0.6) is 0 Å². The van der Waals surface area contributed by atoms with Crippen LogP contribution in [0.15, 0.2) is 40.9 Å². The van der Waals surface area contributed by atoms with Gasteiger partial charge < -0.3 is 9.42 Å². The zero-order valence-corrected chi connectivity index (χ0v) is 12.6. The molecule has 1 aliphatic carbocycles.